The van der Waals surface area contributed by atoms with E-state index < -0.39 is 17.9 Å². The van der Waals surface area contributed by atoms with Crippen LogP contribution in [0.2, 0.25) is 0 Å². The first-order valence-electron chi connectivity index (χ1n) is 10.3. The second kappa shape index (κ2) is 12.9. The Morgan fingerprint density at radius 3 is 1.68 bits per heavy atom. The predicted molar refractivity (Wildman–Crippen MR) is 121 cm³/mol. The second-order valence-corrected chi connectivity index (χ2v) is 7.04. The molecule has 0 aromatic heterocycles. The Morgan fingerprint density at radius 2 is 1.18 bits per heavy atom. The summed E-state index contributed by atoms with van der Waals surface area (Å²) < 4.78 is 8.19. The van der Waals surface area contributed by atoms with Crippen molar-refractivity contribution in [3.63, 3.8) is 0 Å². The second-order valence-electron chi connectivity index (χ2n) is 7.04. The van der Waals surface area contributed by atoms with Gasteiger partial charge < -0.3 is 0 Å². The summed E-state index contributed by atoms with van der Waals surface area (Å²) in [5, 5.41) is 0. The van der Waals surface area contributed by atoms with Crippen LogP contribution in [0.3, 0.4) is 0 Å². The van der Waals surface area contributed by atoms with Crippen molar-refractivity contribution in [1.82, 2.24) is 0 Å². The van der Waals surface area contributed by atoms with Gasteiger partial charge in [0.05, 0.1) is 0 Å². The molecule has 4 rings (SSSR count). The molecule has 0 unspecified atom stereocenters. The molecule has 34 heavy (non-hydrogen) atoms. The summed E-state index contributed by atoms with van der Waals surface area (Å²) in [5.74, 6) is -1.92. The molecule has 4 aromatic carbocycles. The third-order valence-electron chi connectivity index (χ3n) is 4.95. The fraction of sp³-hybridized carbons (Fsp3) is 0.0357. The molecule has 0 aliphatic heterocycles. The van der Waals surface area contributed by atoms with Gasteiger partial charge in [-0.3, -0.25) is 9.68 Å². The predicted octanol–water partition coefficient (Wildman–Crippen LogP) is 5.17. The maximum atomic E-state index is 13.0. The van der Waals surface area contributed by atoms with Gasteiger partial charge >= 0.3 is 33.0 Å². The first-order chi connectivity index (χ1) is 16.7. The molecule has 0 fully saturated rings. The van der Waals surface area contributed by atoms with E-state index in [4.69, 9.17) is 13.4 Å². The van der Waals surface area contributed by atoms with Gasteiger partial charge in [0.1, 0.15) is 5.92 Å². The molecular weight excluding hydrogens is 467 g/mol. The van der Waals surface area contributed by atoms with Crippen molar-refractivity contribution in [2.45, 2.75) is 5.92 Å². The van der Waals surface area contributed by atoms with E-state index in [1.165, 1.54) is 0 Å². The molecule has 167 valence electrons. The molecule has 5 nitrogen and oxygen atoms in total. The number of hydrogen-bond donors (Lipinski definition) is 0. The molecular formula is C28H20O5V. The van der Waals surface area contributed by atoms with Gasteiger partial charge in [-0.05, 0) is 11.1 Å². The Labute approximate surface area is 207 Å². The summed E-state index contributed by atoms with van der Waals surface area (Å²) in [6.45, 7) is 0. The van der Waals surface area contributed by atoms with Crippen molar-refractivity contribution < 1.29 is 40.4 Å². The number of carbonyl (C=O) groups is 2. The summed E-state index contributed by atoms with van der Waals surface area (Å²) >= 11 is 1.06. The van der Waals surface area contributed by atoms with Gasteiger partial charge in [0, 0.05) is 0 Å². The molecule has 0 saturated heterocycles. The van der Waals surface area contributed by atoms with Gasteiger partial charge in [-0.25, -0.2) is 26.9 Å². The fourth-order valence-corrected chi connectivity index (χ4v) is 3.46. The van der Waals surface area contributed by atoms with Crippen LogP contribution in [0.1, 0.15) is 28.2 Å². The first kappa shape index (κ1) is 24.7. The van der Waals surface area contributed by atoms with Gasteiger partial charge in [-0.15, -0.1) is 24.3 Å². The molecule has 0 N–H and O–H groups in total. The third kappa shape index (κ3) is 6.32. The summed E-state index contributed by atoms with van der Waals surface area (Å²) in [6.07, 6.45) is 0. The van der Waals surface area contributed by atoms with Crippen molar-refractivity contribution >= 4 is 11.9 Å². The van der Waals surface area contributed by atoms with Crippen LogP contribution in [0.25, 0.3) is 0 Å². The van der Waals surface area contributed by atoms with Crippen molar-refractivity contribution in [3.05, 3.63) is 149 Å². The van der Waals surface area contributed by atoms with Gasteiger partial charge in [0.15, 0.2) is 0 Å². The molecule has 0 heterocycles. The average Bonchev–Trinajstić information content (AvgIpc) is 2.91. The Kier molecular flexibility index (Phi) is 9.41. The number of hydrogen-bond acceptors (Lipinski definition) is 5. The van der Waals surface area contributed by atoms with E-state index in [0.717, 1.165) is 28.5 Å². The van der Waals surface area contributed by atoms with Crippen LogP contribution >= 0.6 is 0 Å². The van der Waals surface area contributed by atoms with Crippen LogP contribution in [0.15, 0.2) is 115 Å². The van der Waals surface area contributed by atoms with E-state index in [2.05, 4.69) is 6.07 Å². The van der Waals surface area contributed by atoms with Crippen molar-refractivity contribution in [3.8, 4) is 0 Å². The zero-order valence-corrected chi connectivity index (χ0v) is 19.4. The molecule has 0 bridgehead atoms. The van der Waals surface area contributed by atoms with E-state index in [1.54, 1.807) is 30.3 Å². The van der Waals surface area contributed by atoms with Gasteiger partial charge in [-0.1, -0.05) is 78.7 Å². The van der Waals surface area contributed by atoms with Crippen LogP contribution in [-0.4, -0.2) is 11.9 Å². The van der Waals surface area contributed by atoms with Crippen LogP contribution in [-0.2, 0) is 40.4 Å². The summed E-state index contributed by atoms with van der Waals surface area (Å²) in [4.78, 5) is 36.1. The van der Waals surface area contributed by atoms with Gasteiger partial charge in [0.2, 0.25) is 0 Å². The normalized spacial score (nSPS) is 9.97. The number of carbonyl (C=O) groups excluding carboxylic acids is 2. The Hall–Kier alpha value is -3.93. The molecule has 0 aliphatic rings. The van der Waals surface area contributed by atoms with Crippen LogP contribution in [0, 0.1) is 12.0 Å². The summed E-state index contributed by atoms with van der Waals surface area (Å²) in [6, 6.07) is 37.6. The summed E-state index contributed by atoms with van der Waals surface area (Å²) in [5.41, 5.74) is 2.66. The van der Waals surface area contributed by atoms with Crippen LogP contribution in [0.4, 0.5) is 0 Å². The Bertz CT molecular complexity index is 995. The fourth-order valence-electron chi connectivity index (χ4n) is 3.46. The van der Waals surface area contributed by atoms with E-state index in [-0.39, 0.29) is 5.92 Å². The minimum absolute atomic E-state index is 0.259. The van der Waals surface area contributed by atoms with Crippen molar-refractivity contribution in [2.75, 3.05) is 0 Å². The maximum absolute atomic E-state index is 13.0. The zero-order chi connectivity index (χ0) is 24.2. The van der Waals surface area contributed by atoms with Crippen molar-refractivity contribution in [1.29, 1.82) is 0 Å². The molecule has 0 amide bonds. The van der Waals surface area contributed by atoms with Crippen molar-refractivity contribution in [2.24, 2.45) is 0 Å². The van der Waals surface area contributed by atoms with Crippen LogP contribution < -0.4 is 0 Å². The minimum atomic E-state index is -0.771. The molecule has 0 spiro atoms. The first-order valence-corrected chi connectivity index (χ1v) is 10.9. The average molecular weight is 487 g/mol. The van der Waals surface area contributed by atoms with Gasteiger partial charge in [-0.2, -0.15) is 18.2 Å². The number of benzene rings is 4. The monoisotopic (exact) mass is 487 g/mol. The molecule has 0 aliphatic carbocycles. The molecule has 6 heteroatoms. The van der Waals surface area contributed by atoms with Gasteiger partial charge in [0.25, 0.3) is 0 Å². The Balaban J connectivity index is 0.00000158. The summed E-state index contributed by atoms with van der Waals surface area (Å²) in [7, 11) is 0. The van der Waals surface area contributed by atoms with E-state index in [1.807, 2.05) is 84.9 Å². The SMILES string of the molecule is O=C(OOC(=O)C(c1ccccc1)c1ccccc1)[C-](c1[c-]cccc1)c1ccccc1.[O]=[V+2]. The van der Waals surface area contributed by atoms with E-state index in [9.17, 15) is 9.59 Å². The van der Waals surface area contributed by atoms with Crippen LogP contribution in [0.5, 0.6) is 0 Å². The molecule has 4 aromatic rings. The van der Waals surface area contributed by atoms with E-state index in [0.29, 0.717) is 11.1 Å². The third-order valence-corrected chi connectivity index (χ3v) is 4.95. The number of rotatable bonds is 6. The quantitative estimate of drug-likeness (QED) is 0.213. The molecule has 0 atom stereocenters. The van der Waals surface area contributed by atoms with E-state index >= 15 is 0 Å². The standard InChI is InChI=1S/C28H20O4.O.V/c29-27(25(21-13-5-1-6-14-21)22-15-7-2-8-16-22)31-32-28(30)26(23-17-9-3-10-18-23)24-19-11-4-12-20-24;;/h1-19,25H;;/q-2;;+2. The topological polar surface area (TPSA) is 69.7 Å². The molecule has 0 radical (unpaired) electrons. The zero-order valence-electron chi connectivity index (χ0n) is 18.0. The Morgan fingerprint density at radius 1 is 0.676 bits per heavy atom. The molecule has 0 saturated carbocycles.